The molecule has 0 bridgehead atoms. The summed E-state index contributed by atoms with van der Waals surface area (Å²) >= 11 is 0. The van der Waals surface area contributed by atoms with Crippen LogP contribution < -0.4 is 5.32 Å². The average Bonchev–Trinajstić information content (AvgIpc) is 3.31. The Morgan fingerprint density at radius 1 is 1.14 bits per heavy atom. The maximum Gasteiger partial charge on any atom is 0.228 e. The Balaban J connectivity index is 1.51. The fourth-order valence-electron chi connectivity index (χ4n) is 2.79. The zero-order valence-electron chi connectivity index (χ0n) is 12.3. The molecule has 2 aliphatic rings. The Hall–Kier alpha value is -1.91. The molecule has 2 fully saturated rings. The van der Waals surface area contributed by atoms with E-state index in [1.807, 2.05) is 24.0 Å². The van der Waals surface area contributed by atoms with Crippen molar-refractivity contribution in [2.24, 2.45) is 11.8 Å². The number of piperidine rings is 1. The molecule has 0 unspecified atom stereocenters. The molecule has 1 saturated heterocycles. The number of aromatic nitrogens is 1. The van der Waals surface area contributed by atoms with Gasteiger partial charge in [0.05, 0.1) is 0 Å². The highest BCUT2D eigenvalue weighted by Crippen LogP contribution is 2.32. The van der Waals surface area contributed by atoms with Crippen molar-refractivity contribution in [2.45, 2.75) is 32.6 Å². The summed E-state index contributed by atoms with van der Waals surface area (Å²) in [6.45, 7) is 3.31. The summed E-state index contributed by atoms with van der Waals surface area (Å²) in [7, 11) is 0. The summed E-state index contributed by atoms with van der Waals surface area (Å²) in [5.74, 6) is 1.17. The molecule has 1 aliphatic heterocycles. The number of amides is 2. The molecule has 0 spiro atoms. The van der Waals surface area contributed by atoms with Crippen LogP contribution in [0.5, 0.6) is 0 Å². The standard InChI is InChI=1S/C16H21N3O2/c1-11-3-2-4-14(17-11)18-15(20)12-7-9-19(10-8-12)16(21)13-5-6-13/h2-4,12-13H,5-10H2,1H3,(H,17,18,20). The third-order valence-electron chi connectivity index (χ3n) is 4.24. The van der Waals surface area contributed by atoms with E-state index in [1.165, 1.54) is 0 Å². The van der Waals surface area contributed by atoms with Crippen LogP contribution in [0.25, 0.3) is 0 Å². The van der Waals surface area contributed by atoms with Crippen molar-refractivity contribution in [1.29, 1.82) is 0 Å². The minimum Gasteiger partial charge on any atom is -0.342 e. The Kier molecular flexibility index (Phi) is 3.90. The van der Waals surface area contributed by atoms with Crippen molar-refractivity contribution < 1.29 is 9.59 Å². The number of hydrogen-bond acceptors (Lipinski definition) is 3. The highest BCUT2D eigenvalue weighted by atomic mass is 16.2. The topological polar surface area (TPSA) is 62.3 Å². The zero-order chi connectivity index (χ0) is 14.8. The van der Waals surface area contributed by atoms with E-state index in [0.29, 0.717) is 18.9 Å². The Labute approximate surface area is 124 Å². The number of nitrogens with zero attached hydrogens (tertiary/aromatic N) is 2. The van der Waals surface area contributed by atoms with Gasteiger partial charge in [-0.15, -0.1) is 0 Å². The number of likely N-dealkylation sites (tertiary alicyclic amines) is 1. The fourth-order valence-corrected chi connectivity index (χ4v) is 2.79. The molecule has 1 aromatic rings. The van der Waals surface area contributed by atoms with Gasteiger partial charge in [-0.3, -0.25) is 9.59 Å². The van der Waals surface area contributed by atoms with Crippen LogP contribution in [0, 0.1) is 18.8 Å². The van der Waals surface area contributed by atoms with Crippen LogP contribution in [0.3, 0.4) is 0 Å². The van der Waals surface area contributed by atoms with Crippen molar-refractivity contribution in [2.75, 3.05) is 18.4 Å². The predicted molar refractivity (Wildman–Crippen MR) is 79.6 cm³/mol. The molecule has 5 nitrogen and oxygen atoms in total. The summed E-state index contributed by atoms with van der Waals surface area (Å²) in [5, 5.41) is 2.88. The van der Waals surface area contributed by atoms with Gasteiger partial charge >= 0.3 is 0 Å². The first kappa shape index (κ1) is 14.0. The van der Waals surface area contributed by atoms with Gasteiger partial charge in [-0.1, -0.05) is 6.07 Å². The molecular weight excluding hydrogens is 266 g/mol. The maximum atomic E-state index is 12.2. The molecule has 2 heterocycles. The third kappa shape index (κ3) is 3.40. The van der Waals surface area contributed by atoms with Crippen molar-refractivity contribution in [3.8, 4) is 0 Å². The van der Waals surface area contributed by atoms with Gasteiger partial charge in [0, 0.05) is 30.6 Å². The first-order valence-corrected chi connectivity index (χ1v) is 7.67. The molecule has 0 radical (unpaired) electrons. The number of carbonyl (C=O) groups excluding carboxylic acids is 2. The molecule has 1 aromatic heterocycles. The molecule has 112 valence electrons. The van der Waals surface area contributed by atoms with Crippen molar-refractivity contribution in [1.82, 2.24) is 9.88 Å². The lowest BCUT2D eigenvalue weighted by atomic mass is 9.95. The zero-order valence-corrected chi connectivity index (χ0v) is 12.3. The van der Waals surface area contributed by atoms with Gasteiger partial charge in [-0.25, -0.2) is 4.98 Å². The molecule has 5 heteroatoms. The van der Waals surface area contributed by atoms with Crippen LogP contribution in [0.2, 0.25) is 0 Å². The average molecular weight is 287 g/mol. The third-order valence-corrected chi connectivity index (χ3v) is 4.24. The van der Waals surface area contributed by atoms with E-state index >= 15 is 0 Å². The molecule has 2 amide bonds. The number of carbonyl (C=O) groups is 2. The van der Waals surface area contributed by atoms with Gasteiger partial charge in [0.2, 0.25) is 11.8 Å². The minimum atomic E-state index is -0.0180. The van der Waals surface area contributed by atoms with Gasteiger partial charge in [0.15, 0.2) is 0 Å². The Morgan fingerprint density at radius 2 is 1.86 bits per heavy atom. The lowest BCUT2D eigenvalue weighted by Gasteiger charge is -2.31. The van der Waals surface area contributed by atoms with E-state index in [9.17, 15) is 9.59 Å². The number of aryl methyl sites for hydroxylation is 1. The predicted octanol–water partition coefficient (Wildman–Crippen LogP) is 1.98. The van der Waals surface area contributed by atoms with Crippen molar-refractivity contribution in [3.05, 3.63) is 23.9 Å². The summed E-state index contributed by atoms with van der Waals surface area (Å²) < 4.78 is 0. The first-order chi connectivity index (χ1) is 10.1. The Bertz CT molecular complexity index is 546. The lowest BCUT2D eigenvalue weighted by Crippen LogP contribution is -2.42. The second-order valence-corrected chi connectivity index (χ2v) is 6.03. The normalized spacial score (nSPS) is 19.4. The van der Waals surface area contributed by atoms with Gasteiger partial charge in [0.25, 0.3) is 0 Å². The highest BCUT2D eigenvalue weighted by molar-refractivity contribution is 5.92. The number of nitrogens with one attached hydrogen (secondary N) is 1. The minimum absolute atomic E-state index is 0.0180. The molecule has 1 saturated carbocycles. The maximum absolute atomic E-state index is 12.2. The summed E-state index contributed by atoms with van der Waals surface area (Å²) in [4.78, 5) is 30.4. The van der Waals surface area contributed by atoms with E-state index in [2.05, 4.69) is 10.3 Å². The van der Waals surface area contributed by atoms with Crippen LogP contribution in [-0.4, -0.2) is 34.8 Å². The smallest absolute Gasteiger partial charge is 0.228 e. The van der Waals surface area contributed by atoms with E-state index in [-0.39, 0.29) is 23.7 Å². The summed E-state index contributed by atoms with van der Waals surface area (Å²) in [6, 6.07) is 5.59. The molecule has 0 aromatic carbocycles. The lowest BCUT2D eigenvalue weighted by molar-refractivity contribution is -0.135. The van der Waals surface area contributed by atoms with Gasteiger partial charge in [-0.2, -0.15) is 0 Å². The van der Waals surface area contributed by atoms with Gasteiger partial charge in [0.1, 0.15) is 5.82 Å². The van der Waals surface area contributed by atoms with E-state index in [0.717, 1.165) is 31.4 Å². The number of pyridine rings is 1. The van der Waals surface area contributed by atoms with E-state index in [4.69, 9.17) is 0 Å². The Morgan fingerprint density at radius 3 is 2.48 bits per heavy atom. The van der Waals surface area contributed by atoms with Gasteiger partial charge < -0.3 is 10.2 Å². The monoisotopic (exact) mass is 287 g/mol. The largest absolute Gasteiger partial charge is 0.342 e. The SMILES string of the molecule is Cc1cccc(NC(=O)C2CCN(C(=O)C3CC3)CC2)n1. The van der Waals surface area contributed by atoms with Crippen LogP contribution in [-0.2, 0) is 9.59 Å². The highest BCUT2D eigenvalue weighted by Gasteiger charge is 2.35. The molecule has 0 atom stereocenters. The van der Waals surface area contributed by atoms with Crippen LogP contribution >= 0.6 is 0 Å². The van der Waals surface area contributed by atoms with Crippen LogP contribution in [0.15, 0.2) is 18.2 Å². The molecule has 1 aliphatic carbocycles. The fraction of sp³-hybridized carbons (Fsp3) is 0.562. The van der Waals surface area contributed by atoms with E-state index in [1.54, 1.807) is 6.07 Å². The summed E-state index contributed by atoms with van der Waals surface area (Å²) in [5.41, 5.74) is 0.887. The molecular formula is C16H21N3O2. The number of anilines is 1. The van der Waals surface area contributed by atoms with E-state index < -0.39 is 0 Å². The summed E-state index contributed by atoms with van der Waals surface area (Å²) in [6.07, 6.45) is 3.57. The van der Waals surface area contributed by atoms with Crippen LogP contribution in [0.1, 0.15) is 31.4 Å². The van der Waals surface area contributed by atoms with Gasteiger partial charge in [-0.05, 0) is 44.7 Å². The first-order valence-electron chi connectivity index (χ1n) is 7.67. The second kappa shape index (κ2) is 5.84. The second-order valence-electron chi connectivity index (χ2n) is 6.03. The molecule has 1 N–H and O–H groups in total. The quantitative estimate of drug-likeness (QED) is 0.924. The molecule has 3 rings (SSSR count). The number of hydrogen-bond donors (Lipinski definition) is 1. The van der Waals surface area contributed by atoms with Crippen LogP contribution in [0.4, 0.5) is 5.82 Å². The van der Waals surface area contributed by atoms with Crippen molar-refractivity contribution in [3.63, 3.8) is 0 Å². The number of rotatable bonds is 3. The molecule has 21 heavy (non-hydrogen) atoms. The van der Waals surface area contributed by atoms with Crippen molar-refractivity contribution >= 4 is 17.6 Å².